The van der Waals surface area contributed by atoms with Crippen LogP contribution in [0.15, 0.2) is 46.6 Å². The number of carbonyl (C=O) groups is 2. The smallest absolute Gasteiger partial charge is 0.313 e. The summed E-state index contributed by atoms with van der Waals surface area (Å²) in [7, 11) is 0. The molecular weight excluding hydrogens is 638 g/mol. The van der Waals surface area contributed by atoms with Gasteiger partial charge in [-0.15, -0.1) is 5.10 Å². The minimum absolute atomic E-state index is 0.0304. The molecule has 1 aromatic heterocycles. The number of nitrogens with zero attached hydrogens (tertiary/aromatic N) is 3. The van der Waals surface area contributed by atoms with Crippen molar-refractivity contribution in [1.82, 2.24) is 15.0 Å². The second-order valence-electron chi connectivity index (χ2n) is 17.2. The summed E-state index contributed by atoms with van der Waals surface area (Å²) in [6.45, 7) is 17.0. The van der Waals surface area contributed by atoms with Crippen LogP contribution in [0.1, 0.15) is 112 Å². The van der Waals surface area contributed by atoms with Crippen LogP contribution in [0.25, 0.3) is 5.69 Å². The van der Waals surface area contributed by atoms with E-state index in [1.165, 1.54) is 0 Å². The molecule has 0 N–H and O–H groups in total. The highest BCUT2D eigenvalue weighted by Gasteiger charge is 2.69. The van der Waals surface area contributed by atoms with Crippen molar-refractivity contribution >= 4 is 27.7 Å². The van der Waals surface area contributed by atoms with Crippen molar-refractivity contribution in [2.24, 2.45) is 56.7 Å². The van der Waals surface area contributed by atoms with E-state index in [4.69, 9.17) is 4.74 Å². The number of hydrogen-bond acceptors (Lipinski definition) is 5. The molecule has 0 spiro atoms. The van der Waals surface area contributed by atoms with E-state index in [9.17, 15) is 9.59 Å². The Kier molecular flexibility index (Phi) is 7.62. The molecule has 0 saturated heterocycles. The van der Waals surface area contributed by atoms with Crippen LogP contribution in [0.3, 0.4) is 0 Å². The number of Topliss-reactive ketones (excluding diaryl/α,β-unsaturated/α-hetero) is 1. The zero-order chi connectivity index (χ0) is 32.9. The number of ketones is 1. The summed E-state index contributed by atoms with van der Waals surface area (Å²) in [6.07, 6.45) is 13.4. The third-order valence-corrected chi connectivity index (χ3v) is 15.7. The minimum atomic E-state index is -0.497. The first-order valence-corrected chi connectivity index (χ1v) is 18.5. The van der Waals surface area contributed by atoms with Gasteiger partial charge in [-0.3, -0.25) is 9.59 Å². The molecule has 7 heteroatoms. The van der Waals surface area contributed by atoms with E-state index in [1.54, 1.807) is 10.3 Å². The molecule has 0 unspecified atom stereocenters. The van der Waals surface area contributed by atoms with Gasteiger partial charge in [-0.2, -0.15) is 0 Å². The second kappa shape index (κ2) is 10.9. The van der Waals surface area contributed by atoms with Crippen LogP contribution in [-0.4, -0.2) is 26.7 Å². The van der Waals surface area contributed by atoms with Gasteiger partial charge in [0.1, 0.15) is 18.1 Å². The number of halogens is 1. The number of allylic oxidation sites excluding steroid dienone is 2. The van der Waals surface area contributed by atoms with Crippen LogP contribution in [-0.2, 0) is 20.9 Å². The Bertz CT molecular complexity index is 1580. The van der Waals surface area contributed by atoms with Gasteiger partial charge in [-0.05, 0) is 121 Å². The van der Waals surface area contributed by atoms with E-state index in [1.807, 2.05) is 30.5 Å². The van der Waals surface area contributed by atoms with Crippen molar-refractivity contribution < 1.29 is 14.3 Å². The first kappa shape index (κ1) is 32.3. The normalized spacial score (nSPS) is 41.3. The van der Waals surface area contributed by atoms with Gasteiger partial charge in [-0.1, -0.05) is 81.3 Å². The molecule has 2 aromatic rings. The topological polar surface area (TPSA) is 74.1 Å². The molecule has 1 heterocycles. The molecular formula is C39H52BrN3O3. The molecule has 46 heavy (non-hydrogen) atoms. The summed E-state index contributed by atoms with van der Waals surface area (Å²) in [6, 6.07) is 7.91. The fourth-order valence-electron chi connectivity index (χ4n) is 12.0. The Labute approximate surface area is 283 Å². The molecule has 5 aliphatic rings. The van der Waals surface area contributed by atoms with Crippen LogP contribution in [0.5, 0.6) is 0 Å². The standard InChI is InChI=1S/C39H52BrN3O3/c1-24-14-19-39(34(45)46-23-27-22-43(42-41-27)28-10-8-26(40)9-11-28)21-20-37(6)29(33(39)25(24)2)12-13-31-36(5)17-16-32(44)35(3,4)30(36)15-18-38(31,37)7/h8-12,22,24-25,30-31,33H,13-21,23H2,1-7H3/t24-,25+,30+,31-,33+,36+,37-,38-,39+/m1/s1. The van der Waals surface area contributed by atoms with Crippen molar-refractivity contribution in [3.05, 3.63) is 52.3 Å². The molecule has 7 rings (SSSR count). The van der Waals surface area contributed by atoms with Crippen LogP contribution in [0.4, 0.5) is 0 Å². The predicted molar refractivity (Wildman–Crippen MR) is 183 cm³/mol. The largest absolute Gasteiger partial charge is 0.459 e. The Morgan fingerprint density at radius 2 is 1.72 bits per heavy atom. The van der Waals surface area contributed by atoms with Gasteiger partial charge in [-0.25, -0.2) is 4.68 Å². The number of rotatable bonds is 4. The van der Waals surface area contributed by atoms with Gasteiger partial charge in [0.25, 0.3) is 0 Å². The summed E-state index contributed by atoms with van der Waals surface area (Å²) < 4.78 is 8.96. The molecule has 4 saturated carbocycles. The lowest BCUT2D eigenvalue weighted by molar-refractivity contribution is -0.193. The van der Waals surface area contributed by atoms with Gasteiger partial charge in [0, 0.05) is 16.3 Å². The lowest BCUT2D eigenvalue weighted by Gasteiger charge is -2.70. The highest BCUT2D eigenvalue weighted by molar-refractivity contribution is 9.10. The van der Waals surface area contributed by atoms with E-state index in [-0.39, 0.29) is 40.2 Å². The maximum Gasteiger partial charge on any atom is 0.313 e. The Hall–Kier alpha value is -2.28. The molecule has 0 radical (unpaired) electrons. The second-order valence-corrected chi connectivity index (χ2v) is 18.1. The van der Waals surface area contributed by atoms with Crippen molar-refractivity contribution in [3.63, 3.8) is 0 Å². The first-order valence-electron chi connectivity index (χ1n) is 17.8. The maximum atomic E-state index is 14.4. The fourth-order valence-corrected chi connectivity index (χ4v) is 12.3. The molecule has 0 bridgehead atoms. The predicted octanol–water partition coefficient (Wildman–Crippen LogP) is 9.30. The molecule has 5 aliphatic carbocycles. The van der Waals surface area contributed by atoms with Crippen molar-refractivity contribution in [2.75, 3.05) is 0 Å². The zero-order valence-corrected chi connectivity index (χ0v) is 30.5. The van der Waals surface area contributed by atoms with Crippen LogP contribution in [0.2, 0.25) is 0 Å². The summed E-state index contributed by atoms with van der Waals surface area (Å²) in [5, 5.41) is 8.63. The van der Waals surface area contributed by atoms with E-state index in [2.05, 4.69) is 80.8 Å². The number of fused-ring (bicyclic) bond motifs is 7. The van der Waals surface area contributed by atoms with E-state index in [0.717, 1.165) is 61.5 Å². The summed E-state index contributed by atoms with van der Waals surface area (Å²) >= 11 is 3.49. The Balaban J connectivity index is 1.18. The van der Waals surface area contributed by atoms with Gasteiger partial charge >= 0.3 is 5.97 Å². The SMILES string of the molecule is C[C@H]1[C@H](C)CC[C@]2(C(=O)OCc3cn(-c4ccc(Br)cc4)nn3)CC[C@]3(C)C(=CC[C@@H]4[C@@]5(C)CCC(=O)C(C)(C)[C@@H]5CC[C@]43C)[C@H]12. The lowest BCUT2D eigenvalue weighted by atomic mass is 9.33. The average Bonchev–Trinajstić information content (AvgIpc) is 3.49. The number of ether oxygens (including phenoxy) is 1. The number of hydrogen-bond donors (Lipinski definition) is 0. The quantitative estimate of drug-likeness (QED) is 0.236. The van der Waals surface area contributed by atoms with Gasteiger partial charge in [0.15, 0.2) is 0 Å². The Morgan fingerprint density at radius 3 is 2.46 bits per heavy atom. The van der Waals surface area contributed by atoms with Gasteiger partial charge < -0.3 is 4.74 Å². The zero-order valence-electron chi connectivity index (χ0n) is 28.9. The molecule has 6 nitrogen and oxygen atoms in total. The molecule has 248 valence electrons. The molecule has 9 atom stereocenters. The fraction of sp³-hybridized carbons (Fsp3) is 0.692. The van der Waals surface area contributed by atoms with Gasteiger partial charge in [0.2, 0.25) is 0 Å². The van der Waals surface area contributed by atoms with E-state index in [0.29, 0.717) is 41.6 Å². The van der Waals surface area contributed by atoms with Gasteiger partial charge in [0.05, 0.1) is 17.3 Å². The lowest BCUT2D eigenvalue weighted by Crippen LogP contribution is -2.65. The molecule has 1 aromatic carbocycles. The minimum Gasteiger partial charge on any atom is -0.459 e. The van der Waals surface area contributed by atoms with Crippen LogP contribution >= 0.6 is 15.9 Å². The summed E-state index contributed by atoms with van der Waals surface area (Å²) in [4.78, 5) is 27.6. The van der Waals surface area contributed by atoms with Crippen molar-refractivity contribution in [2.45, 2.75) is 113 Å². The van der Waals surface area contributed by atoms with Crippen molar-refractivity contribution in [3.8, 4) is 5.69 Å². The third-order valence-electron chi connectivity index (χ3n) is 15.1. The third kappa shape index (κ3) is 4.45. The summed E-state index contributed by atoms with van der Waals surface area (Å²) in [5.74, 6) is 2.54. The van der Waals surface area contributed by atoms with Crippen molar-refractivity contribution in [1.29, 1.82) is 0 Å². The number of carbonyl (C=O) groups excluding carboxylic acids is 2. The Morgan fingerprint density at radius 1 is 0.978 bits per heavy atom. The number of aromatic nitrogens is 3. The average molecular weight is 691 g/mol. The highest BCUT2D eigenvalue weighted by Crippen LogP contribution is 2.75. The monoisotopic (exact) mass is 689 g/mol. The van der Waals surface area contributed by atoms with E-state index >= 15 is 0 Å². The highest BCUT2D eigenvalue weighted by atomic mass is 79.9. The summed E-state index contributed by atoms with van der Waals surface area (Å²) in [5.41, 5.74) is 2.70. The van der Waals surface area contributed by atoms with Crippen LogP contribution in [0, 0.1) is 56.7 Å². The molecule has 0 aliphatic heterocycles. The van der Waals surface area contributed by atoms with Crippen LogP contribution < -0.4 is 0 Å². The maximum absolute atomic E-state index is 14.4. The number of benzene rings is 1. The molecule has 0 amide bonds. The first-order chi connectivity index (χ1) is 21.7. The number of esters is 1. The molecule has 4 fully saturated rings. The van der Waals surface area contributed by atoms with E-state index < -0.39 is 5.41 Å².